The van der Waals surface area contributed by atoms with Gasteiger partial charge in [-0.05, 0) is 28.1 Å². The maximum atomic E-state index is 11.3. The van der Waals surface area contributed by atoms with Crippen LogP contribution in [0.25, 0.3) is 0 Å². The van der Waals surface area contributed by atoms with Gasteiger partial charge in [-0.15, -0.1) is 0 Å². The molecule has 1 aromatic heterocycles. The van der Waals surface area contributed by atoms with Crippen molar-refractivity contribution in [3.8, 4) is 0 Å². The van der Waals surface area contributed by atoms with E-state index in [2.05, 4.69) is 20.9 Å². The number of halogens is 1. The summed E-state index contributed by atoms with van der Waals surface area (Å²) in [6.07, 6.45) is 2.36. The first-order chi connectivity index (χ1) is 6.66. The minimum Gasteiger partial charge on any atom is -0.345 e. The third kappa shape index (κ3) is 1.80. The minimum absolute atomic E-state index is 0.208. The Bertz CT molecular complexity index is 350. The first-order valence-electron chi connectivity index (χ1n) is 4.52. The molecule has 1 atom stereocenters. The quantitative estimate of drug-likeness (QED) is 0.766. The molecule has 2 heterocycles. The maximum absolute atomic E-state index is 11.3. The number of nitrogens with zero attached hydrogens (tertiary/aromatic N) is 2. The van der Waals surface area contributed by atoms with Crippen molar-refractivity contribution in [3.05, 3.63) is 28.5 Å². The number of carbonyl (C=O) groups excluding carboxylic acids is 1. The number of likely N-dealkylation sites (tertiary alicyclic amines) is 1. The fourth-order valence-corrected chi connectivity index (χ4v) is 1.92. The van der Waals surface area contributed by atoms with Gasteiger partial charge in [-0.1, -0.05) is 0 Å². The zero-order valence-electron chi connectivity index (χ0n) is 7.90. The Hall–Kier alpha value is -0.900. The van der Waals surface area contributed by atoms with E-state index >= 15 is 0 Å². The van der Waals surface area contributed by atoms with E-state index in [1.54, 1.807) is 11.1 Å². The number of pyridine rings is 1. The molecule has 0 saturated carbocycles. The standard InChI is InChI=1S/C10H11BrN2O/c1-13-6-7(4-10(13)14)9-3-2-8(11)5-12-9/h2-3,5,7H,4,6H2,1H3. The number of hydrogen-bond donors (Lipinski definition) is 0. The van der Waals surface area contributed by atoms with E-state index in [1.807, 2.05) is 19.2 Å². The highest BCUT2D eigenvalue weighted by atomic mass is 79.9. The van der Waals surface area contributed by atoms with E-state index in [9.17, 15) is 4.79 Å². The summed E-state index contributed by atoms with van der Waals surface area (Å²) in [5.41, 5.74) is 1.01. The molecule has 14 heavy (non-hydrogen) atoms. The summed E-state index contributed by atoms with van der Waals surface area (Å²) >= 11 is 3.34. The minimum atomic E-state index is 0.208. The molecule has 74 valence electrons. The van der Waals surface area contributed by atoms with Crippen LogP contribution < -0.4 is 0 Å². The predicted octanol–water partition coefficient (Wildman–Crippen LogP) is 1.79. The van der Waals surface area contributed by atoms with Crippen LogP contribution in [0.15, 0.2) is 22.8 Å². The molecule has 1 amide bonds. The summed E-state index contributed by atoms with van der Waals surface area (Å²) in [5, 5.41) is 0. The topological polar surface area (TPSA) is 33.2 Å². The monoisotopic (exact) mass is 254 g/mol. The van der Waals surface area contributed by atoms with Crippen LogP contribution in [0.1, 0.15) is 18.0 Å². The van der Waals surface area contributed by atoms with Crippen LogP contribution in [0.3, 0.4) is 0 Å². The largest absolute Gasteiger partial charge is 0.345 e. The zero-order chi connectivity index (χ0) is 10.1. The average Bonchev–Trinajstić information content (AvgIpc) is 2.48. The molecule has 1 aliphatic heterocycles. The van der Waals surface area contributed by atoms with Gasteiger partial charge in [0.2, 0.25) is 5.91 Å². The molecule has 1 aliphatic rings. The smallest absolute Gasteiger partial charge is 0.223 e. The van der Waals surface area contributed by atoms with Gasteiger partial charge in [0.1, 0.15) is 0 Å². The molecule has 0 N–H and O–H groups in total. The van der Waals surface area contributed by atoms with Crippen molar-refractivity contribution in [1.29, 1.82) is 0 Å². The van der Waals surface area contributed by atoms with Crippen molar-refractivity contribution >= 4 is 21.8 Å². The Labute approximate surface area is 91.3 Å². The Morgan fingerprint density at radius 1 is 1.57 bits per heavy atom. The molecule has 2 rings (SSSR count). The van der Waals surface area contributed by atoms with Gasteiger partial charge in [0.05, 0.1) is 0 Å². The fourth-order valence-electron chi connectivity index (χ4n) is 1.69. The van der Waals surface area contributed by atoms with Gasteiger partial charge in [-0.2, -0.15) is 0 Å². The van der Waals surface area contributed by atoms with E-state index in [0.717, 1.165) is 16.7 Å². The van der Waals surface area contributed by atoms with Crippen LogP contribution in [0, 0.1) is 0 Å². The van der Waals surface area contributed by atoms with Crippen LogP contribution in [0.4, 0.5) is 0 Å². The predicted molar refractivity (Wildman–Crippen MR) is 56.9 cm³/mol. The summed E-state index contributed by atoms with van der Waals surface area (Å²) in [4.78, 5) is 17.4. The van der Waals surface area contributed by atoms with Crippen LogP contribution in [0.5, 0.6) is 0 Å². The average molecular weight is 255 g/mol. The molecule has 1 fully saturated rings. The van der Waals surface area contributed by atoms with E-state index in [1.165, 1.54) is 0 Å². The summed E-state index contributed by atoms with van der Waals surface area (Å²) in [7, 11) is 1.83. The summed E-state index contributed by atoms with van der Waals surface area (Å²) in [6, 6.07) is 3.94. The number of hydrogen-bond acceptors (Lipinski definition) is 2. The Kier molecular flexibility index (Phi) is 2.54. The molecule has 0 spiro atoms. The lowest BCUT2D eigenvalue weighted by atomic mass is 10.0. The van der Waals surface area contributed by atoms with Crippen molar-refractivity contribution in [2.24, 2.45) is 0 Å². The van der Waals surface area contributed by atoms with Crippen molar-refractivity contribution in [2.45, 2.75) is 12.3 Å². The van der Waals surface area contributed by atoms with Crippen molar-refractivity contribution < 1.29 is 4.79 Å². The highest BCUT2D eigenvalue weighted by molar-refractivity contribution is 9.10. The molecule has 0 aromatic carbocycles. The number of rotatable bonds is 1. The molecule has 0 aliphatic carbocycles. The third-order valence-corrected chi connectivity index (χ3v) is 2.98. The van der Waals surface area contributed by atoms with E-state index in [0.29, 0.717) is 6.42 Å². The zero-order valence-corrected chi connectivity index (χ0v) is 9.49. The molecule has 3 nitrogen and oxygen atoms in total. The molecular weight excluding hydrogens is 244 g/mol. The van der Waals surface area contributed by atoms with Crippen LogP contribution in [0.2, 0.25) is 0 Å². The van der Waals surface area contributed by atoms with Gasteiger partial charge in [0.15, 0.2) is 0 Å². The molecule has 4 heteroatoms. The number of aromatic nitrogens is 1. The van der Waals surface area contributed by atoms with Crippen molar-refractivity contribution in [1.82, 2.24) is 9.88 Å². The van der Waals surface area contributed by atoms with Gasteiger partial charge < -0.3 is 4.90 Å². The maximum Gasteiger partial charge on any atom is 0.223 e. The first kappa shape index (κ1) is 9.65. The highest BCUT2D eigenvalue weighted by Crippen LogP contribution is 2.26. The molecule has 0 bridgehead atoms. The molecule has 1 unspecified atom stereocenters. The van der Waals surface area contributed by atoms with Gasteiger partial charge in [-0.25, -0.2) is 0 Å². The van der Waals surface area contributed by atoms with Crippen molar-refractivity contribution in [2.75, 3.05) is 13.6 Å². The fraction of sp³-hybridized carbons (Fsp3) is 0.400. The van der Waals surface area contributed by atoms with E-state index in [4.69, 9.17) is 0 Å². The third-order valence-electron chi connectivity index (χ3n) is 2.51. The second-order valence-electron chi connectivity index (χ2n) is 3.58. The van der Waals surface area contributed by atoms with Crippen LogP contribution in [-0.4, -0.2) is 29.4 Å². The summed E-state index contributed by atoms with van der Waals surface area (Å²) in [5.74, 6) is 0.473. The normalized spacial score (nSPS) is 21.7. The Balaban J connectivity index is 2.17. The lowest BCUT2D eigenvalue weighted by molar-refractivity contribution is -0.126. The number of likely N-dealkylation sites (N-methyl/N-ethyl adjacent to an activating group) is 1. The molecule has 1 saturated heterocycles. The first-order valence-corrected chi connectivity index (χ1v) is 5.31. The second-order valence-corrected chi connectivity index (χ2v) is 4.49. The number of carbonyl (C=O) groups is 1. The van der Waals surface area contributed by atoms with Gasteiger partial charge in [0, 0.05) is 42.3 Å². The van der Waals surface area contributed by atoms with Crippen LogP contribution in [-0.2, 0) is 4.79 Å². The summed E-state index contributed by atoms with van der Waals surface area (Å²) < 4.78 is 0.971. The molecule has 0 radical (unpaired) electrons. The van der Waals surface area contributed by atoms with Gasteiger partial charge in [-0.3, -0.25) is 9.78 Å². The Morgan fingerprint density at radius 2 is 2.36 bits per heavy atom. The van der Waals surface area contributed by atoms with Crippen LogP contribution >= 0.6 is 15.9 Å². The van der Waals surface area contributed by atoms with Gasteiger partial charge >= 0.3 is 0 Å². The Morgan fingerprint density at radius 3 is 2.86 bits per heavy atom. The van der Waals surface area contributed by atoms with Gasteiger partial charge in [0.25, 0.3) is 0 Å². The molecular formula is C10H11BrN2O. The second kappa shape index (κ2) is 3.69. The van der Waals surface area contributed by atoms with E-state index < -0.39 is 0 Å². The molecule has 1 aromatic rings. The lowest BCUT2D eigenvalue weighted by Crippen LogP contribution is -2.18. The highest BCUT2D eigenvalue weighted by Gasteiger charge is 2.28. The summed E-state index contributed by atoms with van der Waals surface area (Å²) in [6.45, 7) is 0.785. The van der Waals surface area contributed by atoms with Crippen molar-refractivity contribution in [3.63, 3.8) is 0 Å². The lowest BCUT2D eigenvalue weighted by Gasteiger charge is -2.09. The number of amides is 1. The van der Waals surface area contributed by atoms with E-state index in [-0.39, 0.29) is 11.8 Å². The SMILES string of the molecule is CN1CC(c2ccc(Br)cn2)CC1=O.